The van der Waals surface area contributed by atoms with Gasteiger partial charge >= 0.3 is 0 Å². The fourth-order valence-electron chi connectivity index (χ4n) is 3.53. The molecule has 0 saturated carbocycles. The minimum atomic E-state index is -0.742. The van der Waals surface area contributed by atoms with Gasteiger partial charge in [-0.3, -0.25) is 9.59 Å². The number of carbonyl (C=O) groups is 2. The zero-order valence-electron chi connectivity index (χ0n) is 17.7. The Balaban J connectivity index is 1.62. The van der Waals surface area contributed by atoms with Crippen LogP contribution in [0.15, 0.2) is 54.6 Å². The van der Waals surface area contributed by atoms with E-state index in [4.69, 9.17) is 9.47 Å². The molecule has 31 heavy (non-hydrogen) atoms. The van der Waals surface area contributed by atoms with Crippen molar-refractivity contribution >= 4 is 17.9 Å². The van der Waals surface area contributed by atoms with Gasteiger partial charge in [-0.05, 0) is 61.2 Å². The highest BCUT2D eigenvalue weighted by Crippen LogP contribution is 2.32. The maximum Gasteiger partial charge on any atom is 0.244 e. The first kappa shape index (κ1) is 22.5. The molecule has 6 nitrogen and oxygen atoms in total. The molecule has 1 aliphatic rings. The monoisotopic (exact) mass is 426 g/mol. The van der Waals surface area contributed by atoms with E-state index in [-0.39, 0.29) is 17.6 Å². The maximum atomic E-state index is 13.4. The first-order chi connectivity index (χ1) is 14.9. The smallest absolute Gasteiger partial charge is 0.244 e. The number of amides is 2. The van der Waals surface area contributed by atoms with Gasteiger partial charge in [0.15, 0.2) is 0 Å². The topological polar surface area (TPSA) is 76.7 Å². The molecule has 1 unspecified atom stereocenters. The third-order valence-electron chi connectivity index (χ3n) is 5.40. The molecule has 1 aliphatic heterocycles. The second-order valence-corrected chi connectivity index (χ2v) is 7.53. The Labute approximate surface area is 181 Å². The molecule has 1 heterocycles. The lowest BCUT2D eigenvalue weighted by atomic mass is 9.82. The van der Waals surface area contributed by atoms with E-state index in [1.165, 1.54) is 18.2 Å². The van der Waals surface area contributed by atoms with Gasteiger partial charge in [-0.25, -0.2) is 4.39 Å². The van der Waals surface area contributed by atoms with Gasteiger partial charge in [0.2, 0.25) is 11.8 Å². The Morgan fingerprint density at radius 2 is 1.74 bits per heavy atom. The quantitative estimate of drug-likeness (QED) is 0.667. The Hall–Kier alpha value is -3.19. The third kappa shape index (κ3) is 5.92. The Kier molecular flexibility index (Phi) is 7.41. The molecule has 1 saturated heterocycles. The summed E-state index contributed by atoms with van der Waals surface area (Å²) in [5.41, 5.74) is 1.01. The lowest BCUT2D eigenvalue weighted by molar-refractivity contribution is -0.129. The predicted molar refractivity (Wildman–Crippen MR) is 116 cm³/mol. The highest BCUT2D eigenvalue weighted by Gasteiger charge is 2.37. The van der Waals surface area contributed by atoms with Crippen molar-refractivity contribution in [3.63, 3.8) is 0 Å². The number of hydrogen-bond donors (Lipinski definition) is 2. The summed E-state index contributed by atoms with van der Waals surface area (Å²) < 4.78 is 23.9. The molecule has 2 aromatic rings. The molecule has 164 valence electrons. The largest absolute Gasteiger partial charge is 0.497 e. The molecule has 0 bridgehead atoms. The zero-order chi connectivity index (χ0) is 22.3. The highest BCUT2D eigenvalue weighted by atomic mass is 19.1. The van der Waals surface area contributed by atoms with Crippen LogP contribution in [-0.2, 0) is 19.9 Å². The van der Waals surface area contributed by atoms with Crippen molar-refractivity contribution < 1.29 is 23.5 Å². The predicted octanol–water partition coefficient (Wildman–Crippen LogP) is 3.17. The average Bonchev–Trinajstić information content (AvgIpc) is 2.79. The molecular formula is C24H27FN2O4. The van der Waals surface area contributed by atoms with Gasteiger partial charge in [0.25, 0.3) is 0 Å². The number of methoxy groups -OCH3 is 1. The van der Waals surface area contributed by atoms with Crippen LogP contribution >= 0.6 is 0 Å². The summed E-state index contributed by atoms with van der Waals surface area (Å²) in [6.07, 6.45) is 4.19. The van der Waals surface area contributed by atoms with Gasteiger partial charge < -0.3 is 20.1 Å². The fraction of sp³-hybridized carbons (Fsp3) is 0.333. The summed E-state index contributed by atoms with van der Waals surface area (Å²) in [4.78, 5) is 25.1. The van der Waals surface area contributed by atoms with Crippen molar-refractivity contribution in [1.29, 1.82) is 0 Å². The number of nitrogens with one attached hydrogen (secondary N) is 2. The van der Waals surface area contributed by atoms with Gasteiger partial charge in [-0.1, -0.05) is 24.3 Å². The maximum absolute atomic E-state index is 13.4. The Bertz CT molecular complexity index is 920. The molecule has 1 fully saturated rings. The minimum Gasteiger partial charge on any atom is -0.497 e. The number of halogens is 1. The summed E-state index contributed by atoms with van der Waals surface area (Å²) in [7, 11) is 1.59. The van der Waals surface area contributed by atoms with Crippen LogP contribution in [0.1, 0.15) is 30.9 Å². The van der Waals surface area contributed by atoms with Crippen LogP contribution in [-0.4, -0.2) is 38.2 Å². The summed E-state index contributed by atoms with van der Waals surface area (Å²) in [5, 5.41) is 5.75. The van der Waals surface area contributed by atoms with Crippen molar-refractivity contribution in [3.8, 4) is 5.75 Å². The zero-order valence-corrected chi connectivity index (χ0v) is 17.7. The molecule has 0 aliphatic carbocycles. The number of carbonyl (C=O) groups excluding carboxylic acids is 2. The van der Waals surface area contributed by atoms with E-state index in [1.54, 1.807) is 44.4 Å². The van der Waals surface area contributed by atoms with Crippen molar-refractivity contribution in [2.75, 3.05) is 20.3 Å². The molecule has 2 N–H and O–H groups in total. The molecule has 2 amide bonds. The Morgan fingerprint density at radius 1 is 1.10 bits per heavy atom. The van der Waals surface area contributed by atoms with Gasteiger partial charge in [0, 0.05) is 19.3 Å². The lowest BCUT2D eigenvalue weighted by Gasteiger charge is -2.39. The van der Waals surface area contributed by atoms with Gasteiger partial charge in [0.1, 0.15) is 17.6 Å². The summed E-state index contributed by atoms with van der Waals surface area (Å²) >= 11 is 0. The van der Waals surface area contributed by atoms with E-state index >= 15 is 0 Å². The SMILES string of the molecule is COc1ccc(/C=C/C(=O)NC(C)C(=O)NC2(c3ccc(F)cc3)CCOCC2)cc1. The number of rotatable bonds is 7. The summed E-state index contributed by atoms with van der Waals surface area (Å²) in [6, 6.07) is 12.7. The molecule has 7 heteroatoms. The second kappa shape index (κ2) is 10.2. The summed E-state index contributed by atoms with van der Waals surface area (Å²) in [5.74, 6) is -0.282. The number of benzene rings is 2. The van der Waals surface area contributed by atoms with Crippen molar-refractivity contribution in [3.05, 3.63) is 71.6 Å². The van der Waals surface area contributed by atoms with Crippen LogP contribution in [0.3, 0.4) is 0 Å². The van der Waals surface area contributed by atoms with Crippen LogP contribution in [0.25, 0.3) is 6.08 Å². The average molecular weight is 426 g/mol. The van der Waals surface area contributed by atoms with Gasteiger partial charge in [-0.15, -0.1) is 0 Å². The molecule has 0 spiro atoms. The van der Waals surface area contributed by atoms with E-state index in [2.05, 4.69) is 10.6 Å². The van der Waals surface area contributed by atoms with Gasteiger partial charge in [0.05, 0.1) is 12.6 Å². The number of hydrogen-bond acceptors (Lipinski definition) is 4. The van der Waals surface area contributed by atoms with Gasteiger partial charge in [-0.2, -0.15) is 0 Å². The molecule has 3 rings (SSSR count). The third-order valence-corrected chi connectivity index (χ3v) is 5.40. The van der Waals surface area contributed by atoms with Crippen LogP contribution in [0.5, 0.6) is 5.75 Å². The standard InChI is InChI=1S/C24H27FN2O4/c1-17(26-22(28)12-5-18-3-10-21(30-2)11-4-18)23(29)27-24(13-15-31-16-14-24)19-6-8-20(25)9-7-19/h3-12,17H,13-16H2,1-2H3,(H,26,28)(H,27,29)/b12-5+. The van der Waals surface area contributed by atoms with E-state index in [0.717, 1.165) is 16.9 Å². The van der Waals surface area contributed by atoms with Crippen molar-refractivity contribution in [1.82, 2.24) is 10.6 Å². The molecule has 2 aromatic carbocycles. The van der Waals surface area contributed by atoms with E-state index in [9.17, 15) is 14.0 Å². The normalized spacial score (nSPS) is 16.5. The number of ether oxygens (including phenoxy) is 2. The minimum absolute atomic E-state index is 0.308. The fourth-order valence-corrected chi connectivity index (χ4v) is 3.53. The molecular weight excluding hydrogens is 399 g/mol. The molecule has 1 atom stereocenters. The van der Waals surface area contributed by atoms with E-state index in [1.807, 2.05) is 12.1 Å². The van der Waals surface area contributed by atoms with Crippen LogP contribution in [0.4, 0.5) is 4.39 Å². The van der Waals surface area contributed by atoms with Crippen LogP contribution in [0, 0.1) is 5.82 Å². The van der Waals surface area contributed by atoms with Crippen molar-refractivity contribution in [2.24, 2.45) is 0 Å². The van der Waals surface area contributed by atoms with E-state index in [0.29, 0.717) is 26.1 Å². The summed E-state index contributed by atoms with van der Waals surface area (Å²) in [6.45, 7) is 2.61. The van der Waals surface area contributed by atoms with E-state index < -0.39 is 11.6 Å². The molecule has 0 radical (unpaired) electrons. The first-order valence-corrected chi connectivity index (χ1v) is 10.2. The van der Waals surface area contributed by atoms with Crippen molar-refractivity contribution in [2.45, 2.75) is 31.3 Å². The molecule has 0 aromatic heterocycles. The Morgan fingerprint density at radius 3 is 2.35 bits per heavy atom. The first-order valence-electron chi connectivity index (χ1n) is 10.2. The lowest BCUT2D eigenvalue weighted by Crippen LogP contribution is -2.55. The van der Waals surface area contributed by atoms with Crippen LogP contribution < -0.4 is 15.4 Å². The van der Waals surface area contributed by atoms with Crippen LogP contribution in [0.2, 0.25) is 0 Å². The highest BCUT2D eigenvalue weighted by molar-refractivity contribution is 5.95. The second-order valence-electron chi connectivity index (χ2n) is 7.53.